The number of hydrogen-bond donors (Lipinski definition) is 1. The molecule has 1 atom stereocenters. The number of nitrogens with zero attached hydrogens (tertiary/aromatic N) is 1. The normalized spacial score (nSPS) is 18.1. The second-order valence-electron chi connectivity index (χ2n) is 6.18. The van der Waals surface area contributed by atoms with Gasteiger partial charge in [-0.25, -0.2) is 8.42 Å². The van der Waals surface area contributed by atoms with E-state index in [1.165, 1.54) is 10.4 Å². The molecular formula is C19H23ClN2O3S. The summed E-state index contributed by atoms with van der Waals surface area (Å²) in [4.78, 5) is 12.9. The van der Waals surface area contributed by atoms with E-state index in [2.05, 4.69) is 5.32 Å². The number of carbonyl (C=O) groups is 1. The standard InChI is InChI=1S/C19H22N2O3S.ClH/c1-20-16-10-7-13-21(14-16)25(23,24)18-12-6-5-11-17(18)19(22)15-8-3-2-4-9-15;/h2-6,8-9,11-12,16,20H,7,10,13-14H2,1H3;1H. The van der Waals surface area contributed by atoms with Crippen LogP contribution < -0.4 is 5.32 Å². The number of nitrogens with one attached hydrogen (secondary N) is 1. The minimum Gasteiger partial charge on any atom is -0.316 e. The Labute approximate surface area is 160 Å². The predicted octanol–water partition coefficient (Wildman–Crippen LogP) is 2.71. The monoisotopic (exact) mass is 394 g/mol. The van der Waals surface area contributed by atoms with E-state index >= 15 is 0 Å². The third kappa shape index (κ3) is 4.15. The zero-order valence-electron chi connectivity index (χ0n) is 14.6. The van der Waals surface area contributed by atoms with Gasteiger partial charge in [0.25, 0.3) is 0 Å². The molecule has 0 aromatic heterocycles. The molecule has 2 aromatic carbocycles. The molecule has 5 nitrogen and oxygen atoms in total. The van der Waals surface area contributed by atoms with E-state index in [0.717, 1.165) is 12.8 Å². The first-order valence-corrected chi connectivity index (χ1v) is 9.84. The van der Waals surface area contributed by atoms with E-state index in [9.17, 15) is 13.2 Å². The highest BCUT2D eigenvalue weighted by molar-refractivity contribution is 7.89. The van der Waals surface area contributed by atoms with E-state index in [-0.39, 0.29) is 34.7 Å². The van der Waals surface area contributed by atoms with Crippen LogP contribution in [-0.4, -0.2) is 44.7 Å². The second kappa shape index (κ2) is 8.77. The van der Waals surface area contributed by atoms with E-state index in [1.807, 2.05) is 13.1 Å². The second-order valence-corrected chi connectivity index (χ2v) is 8.09. The molecule has 0 aliphatic carbocycles. The van der Waals surface area contributed by atoms with Crippen LogP contribution in [0.4, 0.5) is 0 Å². The van der Waals surface area contributed by atoms with Crippen molar-refractivity contribution in [2.75, 3.05) is 20.1 Å². The molecule has 3 rings (SSSR count). The highest BCUT2D eigenvalue weighted by atomic mass is 35.5. The zero-order valence-corrected chi connectivity index (χ0v) is 16.2. The minimum absolute atomic E-state index is 0. The molecule has 0 bridgehead atoms. The molecule has 1 aliphatic heterocycles. The molecule has 1 fully saturated rings. The van der Waals surface area contributed by atoms with Crippen molar-refractivity contribution in [1.29, 1.82) is 0 Å². The summed E-state index contributed by atoms with van der Waals surface area (Å²) in [5, 5.41) is 3.15. The molecule has 1 heterocycles. The van der Waals surface area contributed by atoms with Gasteiger partial charge in [0.15, 0.2) is 5.78 Å². The summed E-state index contributed by atoms with van der Waals surface area (Å²) in [6.45, 7) is 0.904. The first kappa shape index (κ1) is 20.6. The van der Waals surface area contributed by atoms with Gasteiger partial charge in [-0.3, -0.25) is 4.79 Å². The summed E-state index contributed by atoms with van der Waals surface area (Å²) in [5.41, 5.74) is 0.706. The van der Waals surface area contributed by atoms with Crippen molar-refractivity contribution in [1.82, 2.24) is 9.62 Å². The highest BCUT2D eigenvalue weighted by Crippen LogP contribution is 2.25. The fraction of sp³-hybridized carbons (Fsp3) is 0.316. The average Bonchev–Trinajstić information content (AvgIpc) is 2.68. The Morgan fingerprint density at radius 2 is 1.73 bits per heavy atom. The smallest absolute Gasteiger partial charge is 0.243 e. The summed E-state index contributed by atoms with van der Waals surface area (Å²) >= 11 is 0. The lowest BCUT2D eigenvalue weighted by molar-refractivity contribution is 0.103. The maximum Gasteiger partial charge on any atom is 0.243 e. The molecule has 0 radical (unpaired) electrons. The van der Waals surface area contributed by atoms with Crippen molar-refractivity contribution in [2.24, 2.45) is 0 Å². The quantitative estimate of drug-likeness (QED) is 0.792. The SMILES string of the molecule is CNC1CCCN(S(=O)(=O)c2ccccc2C(=O)c2ccccc2)C1.Cl. The van der Waals surface area contributed by atoms with Gasteiger partial charge < -0.3 is 5.32 Å². The fourth-order valence-electron chi connectivity index (χ4n) is 3.16. The van der Waals surface area contributed by atoms with Crippen LogP contribution in [-0.2, 0) is 10.0 Å². The van der Waals surface area contributed by atoms with Gasteiger partial charge in [-0.2, -0.15) is 4.31 Å². The van der Waals surface area contributed by atoms with Crippen LogP contribution in [0.1, 0.15) is 28.8 Å². The van der Waals surface area contributed by atoms with Gasteiger partial charge in [-0.05, 0) is 32.0 Å². The molecule has 2 aromatic rings. The van der Waals surface area contributed by atoms with Crippen molar-refractivity contribution >= 4 is 28.2 Å². The first-order valence-electron chi connectivity index (χ1n) is 8.40. The van der Waals surface area contributed by atoms with Crippen LogP contribution in [0.5, 0.6) is 0 Å². The van der Waals surface area contributed by atoms with E-state index < -0.39 is 10.0 Å². The Bertz CT molecular complexity index is 856. The molecular weight excluding hydrogens is 372 g/mol. The minimum atomic E-state index is -3.72. The van der Waals surface area contributed by atoms with Gasteiger partial charge in [0.2, 0.25) is 10.0 Å². The van der Waals surface area contributed by atoms with E-state index in [4.69, 9.17) is 0 Å². The van der Waals surface area contributed by atoms with Gasteiger partial charge >= 0.3 is 0 Å². The van der Waals surface area contributed by atoms with Gasteiger partial charge in [0.1, 0.15) is 0 Å². The number of likely N-dealkylation sites (N-methyl/N-ethyl adjacent to an activating group) is 1. The molecule has 0 amide bonds. The largest absolute Gasteiger partial charge is 0.316 e. The van der Waals surface area contributed by atoms with Crippen molar-refractivity contribution in [3.05, 3.63) is 65.7 Å². The lowest BCUT2D eigenvalue weighted by Gasteiger charge is -2.32. The Hall–Kier alpha value is -1.73. The number of ketones is 1. The molecule has 26 heavy (non-hydrogen) atoms. The van der Waals surface area contributed by atoms with Crippen LogP contribution in [0.3, 0.4) is 0 Å². The number of sulfonamides is 1. The first-order chi connectivity index (χ1) is 12.0. The zero-order chi connectivity index (χ0) is 17.9. The van der Waals surface area contributed by atoms with E-state index in [1.54, 1.807) is 42.5 Å². The number of piperidine rings is 1. The third-order valence-electron chi connectivity index (χ3n) is 4.58. The Morgan fingerprint density at radius 3 is 2.42 bits per heavy atom. The summed E-state index contributed by atoms with van der Waals surface area (Å²) in [5.74, 6) is -0.276. The number of hydrogen-bond acceptors (Lipinski definition) is 4. The highest BCUT2D eigenvalue weighted by Gasteiger charge is 2.32. The Morgan fingerprint density at radius 1 is 1.08 bits per heavy atom. The van der Waals surface area contributed by atoms with Crippen LogP contribution in [0.15, 0.2) is 59.5 Å². The van der Waals surface area contributed by atoms with Gasteiger partial charge in [0.05, 0.1) is 4.90 Å². The van der Waals surface area contributed by atoms with Crippen molar-refractivity contribution < 1.29 is 13.2 Å². The van der Waals surface area contributed by atoms with Crippen molar-refractivity contribution in [3.63, 3.8) is 0 Å². The molecule has 0 spiro atoms. The maximum atomic E-state index is 13.2. The molecule has 7 heteroatoms. The maximum absolute atomic E-state index is 13.2. The Kier molecular flexibility index (Phi) is 6.94. The topological polar surface area (TPSA) is 66.5 Å². The molecule has 0 saturated carbocycles. The summed E-state index contributed by atoms with van der Waals surface area (Å²) in [6.07, 6.45) is 1.76. The molecule has 1 N–H and O–H groups in total. The number of halogens is 1. The third-order valence-corrected chi connectivity index (χ3v) is 6.50. The number of rotatable bonds is 5. The summed E-state index contributed by atoms with van der Waals surface area (Å²) in [7, 11) is -1.88. The van der Waals surface area contributed by atoms with E-state index in [0.29, 0.717) is 18.7 Å². The van der Waals surface area contributed by atoms with Gasteiger partial charge in [0, 0.05) is 30.3 Å². The van der Waals surface area contributed by atoms with Gasteiger partial charge in [-0.15, -0.1) is 12.4 Å². The van der Waals surface area contributed by atoms with Crippen molar-refractivity contribution in [3.8, 4) is 0 Å². The van der Waals surface area contributed by atoms with Crippen LogP contribution in [0, 0.1) is 0 Å². The molecule has 1 unspecified atom stereocenters. The number of benzene rings is 2. The van der Waals surface area contributed by atoms with Crippen LogP contribution >= 0.6 is 12.4 Å². The Balaban J connectivity index is 0.00000243. The fourth-order valence-corrected chi connectivity index (χ4v) is 4.87. The number of carbonyl (C=O) groups excluding carboxylic acids is 1. The van der Waals surface area contributed by atoms with Crippen LogP contribution in [0.2, 0.25) is 0 Å². The van der Waals surface area contributed by atoms with Gasteiger partial charge in [-0.1, -0.05) is 42.5 Å². The lowest BCUT2D eigenvalue weighted by Crippen LogP contribution is -2.47. The van der Waals surface area contributed by atoms with Crippen molar-refractivity contribution in [2.45, 2.75) is 23.8 Å². The lowest BCUT2D eigenvalue weighted by atomic mass is 10.0. The summed E-state index contributed by atoms with van der Waals surface area (Å²) in [6, 6.07) is 15.4. The predicted molar refractivity (Wildman–Crippen MR) is 104 cm³/mol. The van der Waals surface area contributed by atoms with Crippen LogP contribution in [0.25, 0.3) is 0 Å². The summed E-state index contributed by atoms with van der Waals surface area (Å²) < 4.78 is 27.8. The molecule has 140 valence electrons. The molecule has 1 aliphatic rings. The molecule has 1 saturated heterocycles. The average molecular weight is 395 g/mol.